The lowest BCUT2D eigenvalue weighted by atomic mass is 9.96. The van der Waals surface area contributed by atoms with E-state index in [9.17, 15) is 5.11 Å². The fraction of sp³-hybridized carbons (Fsp3) is 0.778. The van der Waals surface area contributed by atoms with Gasteiger partial charge in [0, 0.05) is 9.84 Å². The van der Waals surface area contributed by atoms with Gasteiger partial charge in [-0.25, -0.2) is 0 Å². The molecule has 0 bridgehead atoms. The average Bonchev–Trinajstić information content (AvgIpc) is 1.99. The van der Waals surface area contributed by atoms with Crippen LogP contribution in [0.1, 0.15) is 20.8 Å². The van der Waals surface area contributed by atoms with Crippen molar-refractivity contribution in [2.45, 2.75) is 26.4 Å². The maximum Gasteiger partial charge on any atom is 0.157 e. The van der Waals surface area contributed by atoms with E-state index in [1.807, 2.05) is 43.4 Å². The van der Waals surface area contributed by atoms with Gasteiger partial charge in [0.2, 0.25) is 0 Å². The van der Waals surface area contributed by atoms with Gasteiger partial charge in [0.25, 0.3) is 0 Å². The summed E-state index contributed by atoms with van der Waals surface area (Å²) in [5.41, 5.74) is -1.36. The fourth-order valence-corrected chi connectivity index (χ4v) is 0.851. The van der Waals surface area contributed by atoms with Gasteiger partial charge in [-0.05, 0) is 20.8 Å². The van der Waals surface area contributed by atoms with Gasteiger partial charge in [-0.1, -0.05) is 34.4 Å². The topological polar surface area (TPSA) is 40.5 Å². The standard InChI is InChI=1S/C9H15IO2/c1-8(2,3)4-5-9(12,6-10)7-11/h11-12H,6-7H2,1-3H3/t9-/m1/s1. The highest BCUT2D eigenvalue weighted by Gasteiger charge is 2.21. The van der Waals surface area contributed by atoms with Crippen molar-refractivity contribution in [3.63, 3.8) is 0 Å². The zero-order valence-corrected chi connectivity index (χ0v) is 9.84. The van der Waals surface area contributed by atoms with Crippen LogP contribution in [0, 0.1) is 17.3 Å². The number of hydrogen-bond acceptors (Lipinski definition) is 2. The van der Waals surface area contributed by atoms with Crippen molar-refractivity contribution in [1.82, 2.24) is 0 Å². The molecule has 0 radical (unpaired) electrons. The number of rotatable bonds is 2. The van der Waals surface area contributed by atoms with Crippen molar-refractivity contribution in [2.24, 2.45) is 5.41 Å². The largest absolute Gasteiger partial charge is 0.392 e. The third kappa shape index (κ3) is 4.96. The Bertz CT molecular complexity index is 191. The highest BCUT2D eigenvalue weighted by molar-refractivity contribution is 14.1. The van der Waals surface area contributed by atoms with Crippen molar-refractivity contribution in [1.29, 1.82) is 0 Å². The molecule has 0 aromatic heterocycles. The molecule has 0 spiro atoms. The van der Waals surface area contributed by atoms with Crippen LogP contribution < -0.4 is 0 Å². The van der Waals surface area contributed by atoms with E-state index < -0.39 is 5.60 Å². The Balaban J connectivity index is 4.46. The molecule has 0 saturated heterocycles. The van der Waals surface area contributed by atoms with Crippen LogP contribution >= 0.6 is 22.6 Å². The monoisotopic (exact) mass is 282 g/mol. The molecule has 70 valence electrons. The van der Waals surface area contributed by atoms with E-state index in [1.165, 1.54) is 0 Å². The molecule has 2 nitrogen and oxygen atoms in total. The van der Waals surface area contributed by atoms with Crippen LogP contribution in [0.25, 0.3) is 0 Å². The molecule has 0 aromatic rings. The van der Waals surface area contributed by atoms with E-state index in [0.29, 0.717) is 4.43 Å². The molecule has 0 amide bonds. The Morgan fingerprint density at radius 2 is 1.75 bits per heavy atom. The molecule has 1 atom stereocenters. The van der Waals surface area contributed by atoms with Crippen molar-refractivity contribution in [2.75, 3.05) is 11.0 Å². The fourth-order valence-electron chi connectivity index (χ4n) is 0.419. The first-order valence-corrected chi connectivity index (χ1v) is 5.29. The Kier molecular flexibility index (Phi) is 4.53. The van der Waals surface area contributed by atoms with Gasteiger partial charge in [-0.3, -0.25) is 0 Å². The van der Waals surface area contributed by atoms with E-state index in [-0.39, 0.29) is 12.0 Å². The van der Waals surface area contributed by atoms with Crippen LogP contribution in [-0.2, 0) is 0 Å². The Hall–Kier alpha value is 0.210. The first-order chi connectivity index (χ1) is 5.33. The lowest BCUT2D eigenvalue weighted by Crippen LogP contribution is -2.33. The van der Waals surface area contributed by atoms with Crippen LogP contribution in [0.15, 0.2) is 0 Å². The van der Waals surface area contributed by atoms with Gasteiger partial charge in [0.05, 0.1) is 6.61 Å². The number of alkyl halides is 1. The SMILES string of the molecule is CC(C)(C)C#C[C@](O)(CO)CI. The van der Waals surface area contributed by atoms with Crippen molar-refractivity contribution >= 4 is 22.6 Å². The minimum atomic E-state index is -1.23. The van der Waals surface area contributed by atoms with Gasteiger partial charge in [0.15, 0.2) is 5.60 Å². The molecule has 0 heterocycles. The van der Waals surface area contributed by atoms with Crippen LogP contribution in [0.5, 0.6) is 0 Å². The third-order valence-corrected chi connectivity index (χ3v) is 2.41. The highest BCUT2D eigenvalue weighted by atomic mass is 127. The predicted molar refractivity (Wildman–Crippen MR) is 58.2 cm³/mol. The molecule has 0 aromatic carbocycles. The summed E-state index contributed by atoms with van der Waals surface area (Å²) in [5.74, 6) is 5.58. The van der Waals surface area contributed by atoms with Gasteiger partial charge < -0.3 is 10.2 Å². The number of aliphatic hydroxyl groups excluding tert-OH is 1. The highest BCUT2D eigenvalue weighted by Crippen LogP contribution is 2.13. The van der Waals surface area contributed by atoms with Gasteiger partial charge in [-0.15, -0.1) is 0 Å². The molecule has 0 saturated carbocycles. The van der Waals surface area contributed by atoms with E-state index in [1.54, 1.807) is 0 Å². The zero-order valence-electron chi connectivity index (χ0n) is 7.69. The summed E-state index contributed by atoms with van der Waals surface area (Å²) >= 11 is 2.01. The second kappa shape index (κ2) is 4.45. The van der Waals surface area contributed by atoms with E-state index in [4.69, 9.17) is 5.11 Å². The lowest BCUT2D eigenvalue weighted by Gasteiger charge is -2.17. The number of halogens is 1. The maximum absolute atomic E-state index is 9.56. The minimum Gasteiger partial charge on any atom is -0.392 e. The van der Waals surface area contributed by atoms with Crippen LogP contribution in [0.2, 0.25) is 0 Å². The first-order valence-electron chi connectivity index (χ1n) is 3.76. The summed E-state index contributed by atoms with van der Waals surface area (Å²) in [5, 5.41) is 18.4. The first kappa shape index (κ1) is 12.2. The normalized spacial score (nSPS) is 16.2. The maximum atomic E-state index is 9.56. The average molecular weight is 282 g/mol. The minimum absolute atomic E-state index is 0.130. The lowest BCUT2D eigenvalue weighted by molar-refractivity contribution is 0.0580. The molecule has 0 fully saturated rings. The predicted octanol–water partition coefficient (Wildman–Crippen LogP) is 1.19. The van der Waals surface area contributed by atoms with Crippen molar-refractivity contribution < 1.29 is 10.2 Å². The molecule has 12 heavy (non-hydrogen) atoms. The molecule has 0 aliphatic heterocycles. The molecule has 0 rings (SSSR count). The van der Waals surface area contributed by atoms with Crippen molar-refractivity contribution in [3.8, 4) is 11.8 Å². The second-order valence-electron chi connectivity index (χ2n) is 3.82. The summed E-state index contributed by atoms with van der Waals surface area (Å²) in [6.07, 6.45) is 0. The quantitative estimate of drug-likeness (QED) is 0.454. The smallest absolute Gasteiger partial charge is 0.157 e. The summed E-state index contributed by atoms with van der Waals surface area (Å²) in [7, 11) is 0. The zero-order chi connectivity index (χ0) is 9.83. The van der Waals surface area contributed by atoms with Gasteiger partial charge in [0.1, 0.15) is 0 Å². The Morgan fingerprint density at radius 3 is 2.00 bits per heavy atom. The summed E-state index contributed by atoms with van der Waals surface area (Å²) in [4.78, 5) is 0. The number of hydrogen-bond donors (Lipinski definition) is 2. The third-order valence-electron chi connectivity index (χ3n) is 1.15. The summed E-state index contributed by atoms with van der Waals surface area (Å²) < 4.78 is 0.421. The Labute approximate surface area is 87.5 Å². The van der Waals surface area contributed by atoms with Crippen LogP contribution in [0.3, 0.4) is 0 Å². The summed E-state index contributed by atoms with van der Waals surface area (Å²) in [6.45, 7) is 5.58. The van der Waals surface area contributed by atoms with Gasteiger partial charge >= 0.3 is 0 Å². The molecule has 0 aliphatic rings. The molecule has 0 unspecified atom stereocenters. The second-order valence-corrected chi connectivity index (χ2v) is 4.59. The molecule has 2 N–H and O–H groups in total. The number of aliphatic hydroxyl groups is 2. The molecular weight excluding hydrogens is 267 g/mol. The van der Waals surface area contributed by atoms with E-state index in [2.05, 4.69) is 11.8 Å². The van der Waals surface area contributed by atoms with Gasteiger partial charge in [-0.2, -0.15) is 0 Å². The Morgan fingerprint density at radius 1 is 1.25 bits per heavy atom. The molecule has 3 heteroatoms. The molecular formula is C9H15IO2. The van der Waals surface area contributed by atoms with E-state index >= 15 is 0 Å². The molecule has 0 aliphatic carbocycles. The van der Waals surface area contributed by atoms with Crippen molar-refractivity contribution in [3.05, 3.63) is 0 Å². The van der Waals surface area contributed by atoms with Crippen LogP contribution in [-0.4, -0.2) is 26.8 Å². The van der Waals surface area contributed by atoms with E-state index in [0.717, 1.165) is 0 Å². The summed E-state index contributed by atoms with van der Waals surface area (Å²) in [6, 6.07) is 0. The van der Waals surface area contributed by atoms with Crippen LogP contribution in [0.4, 0.5) is 0 Å².